The fourth-order valence-corrected chi connectivity index (χ4v) is 1.83. The Hall–Kier alpha value is -0.600. The summed E-state index contributed by atoms with van der Waals surface area (Å²) < 4.78 is 13.4. The van der Waals surface area contributed by atoms with Crippen LogP contribution in [0.25, 0.3) is 0 Å². The van der Waals surface area contributed by atoms with Crippen LogP contribution >= 0.6 is 11.6 Å². The first-order valence-corrected chi connectivity index (χ1v) is 5.55. The normalized spacial score (nSPS) is 15.0. The number of hydrogen-bond donors (Lipinski definition) is 1. The molecule has 0 amide bonds. The first-order chi connectivity index (χ1) is 7.06. The molecule has 15 heavy (non-hydrogen) atoms. The Labute approximate surface area is 94.9 Å². The minimum Gasteiger partial charge on any atom is -0.393 e. The first-order valence-electron chi connectivity index (χ1n) is 5.17. The molecule has 0 spiro atoms. The lowest BCUT2D eigenvalue weighted by Gasteiger charge is -2.18. The van der Waals surface area contributed by atoms with Crippen LogP contribution in [0.2, 0.25) is 5.02 Å². The fraction of sp³-hybridized carbons (Fsp3) is 0.500. The maximum Gasteiger partial charge on any atom is 0.127 e. The molecule has 0 radical (unpaired) electrons. The quantitative estimate of drug-likeness (QED) is 0.840. The second kappa shape index (κ2) is 5.47. The molecule has 1 aromatic rings. The van der Waals surface area contributed by atoms with Gasteiger partial charge in [-0.25, -0.2) is 4.39 Å². The second-order valence-corrected chi connectivity index (χ2v) is 4.26. The van der Waals surface area contributed by atoms with Crippen LogP contribution in [-0.4, -0.2) is 11.2 Å². The number of aliphatic hydroxyl groups is 1. The highest BCUT2D eigenvalue weighted by atomic mass is 35.5. The topological polar surface area (TPSA) is 20.2 Å². The maximum atomic E-state index is 13.4. The van der Waals surface area contributed by atoms with Gasteiger partial charge in [0.05, 0.1) is 6.10 Å². The highest BCUT2D eigenvalue weighted by Gasteiger charge is 2.16. The van der Waals surface area contributed by atoms with Gasteiger partial charge >= 0.3 is 0 Å². The SMILES string of the molecule is CCC(O)C(C)Cc1c(F)cccc1Cl. The van der Waals surface area contributed by atoms with Crippen LogP contribution in [-0.2, 0) is 6.42 Å². The van der Waals surface area contributed by atoms with Crippen molar-refractivity contribution >= 4 is 11.6 Å². The van der Waals surface area contributed by atoms with E-state index in [1.807, 2.05) is 13.8 Å². The van der Waals surface area contributed by atoms with Crippen LogP contribution in [0.3, 0.4) is 0 Å². The minimum absolute atomic E-state index is 0.0180. The molecule has 0 saturated heterocycles. The van der Waals surface area contributed by atoms with Crippen molar-refractivity contribution in [2.45, 2.75) is 32.8 Å². The number of benzene rings is 1. The smallest absolute Gasteiger partial charge is 0.127 e. The molecule has 1 N–H and O–H groups in total. The van der Waals surface area contributed by atoms with Gasteiger partial charge < -0.3 is 5.11 Å². The van der Waals surface area contributed by atoms with E-state index in [2.05, 4.69) is 0 Å². The van der Waals surface area contributed by atoms with Crippen LogP contribution in [0.4, 0.5) is 4.39 Å². The van der Waals surface area contributed by atoms with Crippen molar-refractivity contribution in [3.8, 4) is 0 Å². The van der Waals surface area contributed by atoms with Crippen LogP contribution in [0.5, 0.6) is 0 Å². The summed E-state index contributed by atoms with van der Waals surface area (Å²) in [5, 5.41) is 10.0. The summed E-state index contributed by atoms with van der Waals surface area (Å²) in [6.45, 7) is 3.81. The van der Waals surface area contributed by atoms with Crippen molar-refractivity contribution in [1.82, 2.24) is 0 Å². The Balaban J connectivity index is 2.80. The molecule has 0 fully saturated rings. The zero-order valence-electron chi connectivity index (χ0n) is 9.00. The Morgan fingerprint density at radius 1 is 1.47 bits per heavy atom. The monoisotopic (exact) mass is 230 g/mol. The Morgan fingerprint density at radius 3 is 2.67 bits per heavy atom. The Morgan fingerprint density at radius 2 is 2.13 bits per heavy atom. The molecule has 0 aliphatic rings. The molecule has 0 aromatic heterocycles. The molecule has 2 unspecified atom stereocenters. The lowest BCUT2D eigenvalue weighted by atomic mass is 9.94. The molecule has 0 bridgehead atoms. The third-order valence-electron chi connectivity index (χ3n) is 2.66. The summed E-state index contributed by atoms with van der Waals surface area (Å²) >= 11 is 5.90. The van der Waals surface area contributed by atoms with Crippen LogP contribution in [0.1, 0.15) is 25.8 Å². The number of halogens is 2. The van der Waals surface area contributed by atoms with E-state index in [0.717, 1.165) is 0 Å². The van der Waals surface area contributed by atoms with Gasteiger partial charge in [-0.3, -0.25) is 0 Å². The average Bonchev–Trinajstić information content (AvgIpc) is 2.22. The van der Waals surface area contributed by atoms with Crippen molar-refractivity contribution in [2.24, 2.45) is 5.92 Å². The molecular formula is C12H16ClFO. The molecular weight excluding hydrogens is 215 g/mol. The number of aliphatic hydroxyl groups excluding tert-OH is 1. The summed E-state index contributed by atoms with van der Waals surface area (Å²) in [4.78, 5) is 0. The van der Waals surface area contributed by atoms with Crippen molar-refractivity contribution in [3.63, 3.8) is 0 Å². The van der Waals surface area contributed by atoms with E-state index in [0.29, 0.717) is 23.4 Å². The third kappa shape index (κ3) is 3.18. The second-order valence-electron chi connectivity index (χ2n) is 3.86. The Bertz CT molecular complexity index is 307. The molecule has 1 aromatic carbocycles. The summed E-state index contributed by atoms with van der Waals surface area (Å²) in [6.07, 6.45) is 0.744. The van der Waals surface area contributed by atoms with Gasteiger partial charge in [0.1, 0.15) is 5.82 Å². The number of rotatable bonds is 4. The number of hydrogen-bond acceptors (Lipinski definition) is 1. The van der Waals surface area contributed by atoms with Gasteiger partial charge in [-0.2, -0.15) is 0 Å². The zero-order chi connectivity index (χ0) is 11.4. The van der Waals surface area contributed by atoms with Crippen molar-refractivity contribution in [1.29, 1.82) is 0 Å². The first kappa shape index (κ1) is 12.5. The van der Waals surface area contributed by atoms with Crippen molar-refractivity contribution in [3.05, 3.63) is 34.6 Å². The summed E-state index contributed by atoms with van der Waals surface area (Å²) in [5.41, 5.74) is 0.499. The van der Waals surface area contributed by atoms with E-state index < -0.39 is 6.10 Å². The molecule has 2 atom stereocenters. The van der Waals surface area contributed by atoms with Gasteiger partial charge in [0.2, 0.25) is 0 Å². The van der Waals surface area contributed by atoms with Crippen molar-refractivity contribution < 1.29 is 9.50 Å². The molecule has 1 nitrogen and oxygen atoms in total. The molecule has 0 heterocycles. The van der Waals surface area contributed by atoms with E-state index in [-0.39, 0.29) is 11.7 Å². The van der Waals surface area contributed by atoms with Gasteiger partial charge in [0.15, 0.2) is 0 Å². The van der Waals surface area contributed by atoms with E-state index in [9.17, 15) is 9.50 Å². The van der Waals surface area contributed by atoms with Crippen molar-refractivity contribution in [2.75, 3.05) is 0 Å². The summed E-state index contributed by atoms with van der Waals surface area (Å²) in [7, 11) is 0. The van der Waals surface area contributed by atoms with E-state index in [4.69, 9.17) is 11.6 Å². The van der Waals surface area contributed by atoms with Crippen LogP contribution in [0.15, 0.2) is 18.2 Å². The zero-order valence-corrected chi connectivity index (χ0v) is 9.76. The van der Waals surface area contributed by atoms with Crippen LogP contribution < -0.4 is 0 Å². The molecule has 0 aliphatic heterocycles. The van der Waals surface area contributed by atoms with Gasteiger partial charge in [-0.1, -0.05) is 31.5 Å². The van der Waals surface area contributed by atoms with Gasteiger partial charge in [0, 0.05) is 10.6 Å². The Kier molecular flexibility index (Phi) is 4.55. The van der Waals surface area contributed by atoms with E-state index in [1.54, 1.807) is 12.1 Å². The molecule has 84 valence electrons. The van der Waals surface area contributed by atoms with Gasteiger partial charge in [0.25, 0.3) is 0 Å². The van der Waals surface area contributed by atoms with Gasteiger partial charge in [-0.05, 0) is 30.9 Å². The highest BCUT2D eigenvalue weighted by molar-refractivity contribution is 6.31. The molecule has 1 rings (SSSR count). The molecule has 0 saturated carbocycles. The van der Waals surface area contributed by atoms with E-state index in [1.165, 1.54) is 6.07 Å². The summed E-state index contributed by atoms with van der Waals surface area (Å²) in [6, 6.07) is 4.65. The molecule has 3 heteroatoms. The lowest BCUT2D eigenvalue weighted by Crippen LogP contribution is -2.19. The maximum absolute atomic E-state index is 13.4. The average molecular weight is 231 g/mol. The standard InChI is InChI=1S/C12H16ClFO/c1-3-12(15)8(2)7-9-10(13)5-4-6-11(9)14/h4-6,8,12,15H,3,7H2,1-2H3. The summed E-state index contributed by atoms with van der Waals surface area (Å²) in [5.74, 6) is -0.276. The minimum atomic E-state index is -0.402. The lowest BCUT2D eigenvalue weighted by molar-refractivity contribution is 0.112. The van der Waals surface area contributed by atoms with E-state index >= 15 is 0 Å². The predicted octanol–water partition coefficient (Wildman–Crippen LogP) is 3.43. The fourth-order valence-electron chi connectivity index (χ4n) is 1.59. The van der Waals surface area contributed by atoms with Crippen LogP contribution in [0, 0.1) is 11.7 Å². The predicted molar refractivity (Wildman–Crippen MR) is 60.6 cm³/mol. The third-order valence-corrected chi connectivity index (χ3v) is 3.02. The van der Waals surface area contributed by atoms with Gasteiger partial charge in [-0.15, -0.1) is 0 Å². The largest absolute Gasteiger partial charge is 0.393 e. The highest BCUT2D eigenvalue weighted by Crippen LogP contribution is 2.23. The molecule has 0 aliphatic carbocycles.